The van der Waals surface area contributed by atoms with Gasteiger partial charge in [0, 0.05) is 0 Å². The first-order valence-corrected chi connectivity index (χ1v) is 5.32. The van der Waals surface area contributed by atoms with Crippen LogP contribution < -0.4 is 4.74 Å². The number of hydrogen-bond acceptors (Lipinski definition) is 3. The van der Waals surface area contributed by atoms with Gasteiger partial charge in [0.15, 0.2) is 5.75 Å². The molecule has 17 heavy (non-hydrogen) atoms. The summed E-state index contributed by atoms with van der Waals surface area (Å²) >= 11 is 11.4. The molecule has 0 aliphatic rings. The average Bonchev–Trinajstić information content (AvgIpc) is 2.24. The summed E-state index contributed by atoms with van der Waals surface area (Å²) in [5.74, 6) is -1.16. The molecule has 0 fully saturated rings. The van der Waals surface area contributed by atoms with Crippen LogP contribution in [0, 0.1) is 0 Å². The van der Waals surface area contributed by atoms with E-state index in [9.17, 15) is 13.6 Å². The minimum Gasteiger partial charge on any atom is -0.462 e. The van der Waals surface area contributed by atoms with Gasteiger partial charge in [-0.3, -0.25) is 0 Å². The number of carbonyl (C=O) groups excluding carboxylic acids is 1. The Morgan fingerprint density at radius 1 is 1.41 bits per heavy atom. The van der Waals surface area contributed by atoms with Crippen molar-refractivity contribution in [3.63, 3.8) is 0 Å². The number of hydrogen-bond donors (Lipinski definition) is 0. The number of alkyl halides is 2. The highest BCUT2D eigenvalue weighted by Gasteiger charge is 2.20. The lowest BCUT2D eigenvalue weighted by molar-refractivity contribution is -0.0498. The maximum Gasteiger partial charge on any atom is 0.387 e. The predicted octanol–water partition coefficient (Wildman–Crippen LogP) is 3.77. The van der Waals surface area contributed by atoms with Gasteiger partial charge in [-0.15, -0.1) is 0 Å². The molecule has 0 radical (unpaired) electrons. The molecule has 0 unspecified atom stereocenters. The molecule has 1 aromatic carbocycles. The van der Waals surface area contributed by atoms with Crippen molar-refractivity contribution in [3.05, 3.63) is 27.7 Å². The smallest absolute Gasteiger partial charge is 0.387 e. The summed E-state index contributed by atoms with van der Waals surface area (Å²) in [7, 11) is 0. The quantitative estimate of drug-likeness (QED) is 0.790. The highest BCUT2D eigenvalue weighted by Crippen LogP contribution is 2.36. The van der Waals surface area contributed by atoms with Crippen molar-refractivity contribution in [2.24, 2.45) is 0 Å². The van der Waals surface area contributed by atoms with E-state index in [0.717, 1.165) is 0 Å². The number of rotatable bonds is 4. The van der Waals surface area contributed by atoms with E-state index in [2.05, 4.69) is 4.74 Å². The average molecular weight is 285 g/mol. The van der Waals surface area contributed by atoms with Crippen LogP contribution in [0.3, 0.4) is 0 Å². The van der Waals surface area contributed by atoms with Gasteiger partial charge in [-0.05, 0) is 19.1 Å². The van der Waals surface area contributed by atoms with Crippen LogP contribution in [-0.2, 0) is 4.74 Å². The lowest BCUT2D eigenvalue weighted by atomic mass is 10.2. The molecule has 0 atom stereocenters. The zero-order valence-electron chi connectivity index (χ0n) is 8.68. The molecule has 0 aromatic heterocycles. The lowest BCUT2D eigenvalue weighted by Crippen LogP contribution is -2.08. The van der Waals surface area contributed by atoms with Gasteiger partial charge in [-0.2, -0.15) is 8.78 Å². The monoisotopic (exact) mass is 284 g/mol. The summed E-state index contributed by atoms with van der Waals surface area (Å²) in [4.78, 5) is 11.4. The summed E-state index contributed by atoms with van der Waals surface area (Å²) in [5.41, 5.74) is -0.0754. The van der Waals surface area contributed by atoms with E-state index in [1.54, 1.807) is 6.92 Å². The second-order valence-corrected chi connectivity index (χ2v) is 3.62. The van der Waals surface area contributed by atoms with E-state index in [-0.39, 0.29) is 22.2 Å². The first-order valence-electron chi connectivity index (χ1n) is 4.57. The van der Waals surface area contributed by atoms with Gasteiger partial charge < -0.3 is 9.47 Å². The third-order valence-electron chi connectivity index (χ3n) is 1.75. The summed E-state index contributed by atoms with van der Waals surface area (Å²) in [6, 6.07) is 2.51. The molecular weight excluding hydrogens is 277 g/mol. The summed E-state index contributed by atoms with van der Waals surface area (Å²) in [5, 5.41) is -0.403. The number of esters is 1. The predicted molar refractivity (Wildman–Crippen MR) is 59.1 cm³/mol. The van der Waals surface area contributed by atoms with Crippen molar-refractivity contribution in [3.8, 4) is 5.75 Å². The highest BCUT2D eigenvalue weighted by atomic mass is 35.5. The minimum absolute atomic E-state index is 0.0754. The van der Waals surface area contributed by atoms with Gasteiger partial charge in [0.05, 0.1) is 22.2 Å². The molecule has 0 saturated carbocycles. The van der Waals surface area contributed by atoms with Gasteiger partial charge in [-0.1, -0.05) is 23.2 Å². The molecule has 1 rings (SSSR count). The molecular formula is C10H8Cl2F2O3. The molecule has 0 heterocycles. The molecule has 0 saturated heterocycles. The topological polar surface area (TPSA) is 35.5 Å². The van der Waals surface area contributed by atoms with Crippen LogP contribution in [0.1, 0.15) is 17.3 Å². The van der Waals surface area contributed by atoms with Gasteiger partial charge in [0.25, 0.3) is 0 Å². The molecule has 0 amide bonds. The molecule has 1 aromatic rings. The van der Waals surface area contributed by atoms with Crippen molar-refractivity contribution < 1.29 is 23.0 Å². The molecule has 0 spiro atoms. The van der Waals surface area contributed by atoms with E-state index >= 15 is 0 Å². The lowest BCUT2D eigenvalue weighted by Gasteiger charge is -2.11. The van der Waals surface area contributed by atoms with Crippen LogP contribution in [0.25, 0.3) is 0 Å². The first-order chi connectivity index (χ1) is 7.97. The molecule has 0 aliphatic carbocycles. The Morgan fingerprint density at radius 2 is 2.06 bits per heavy atom. The molecule has 94 valence electrons. The van der Waals surface area contributed by atoms with Crippen molar-refractivity contribution in [1.82, 2.24) is 0 Å². The van der Waals surface area contributed by atoms with Gasteiger partial charge >= 0.3 is 12.6 Å². The van der Waals surface area contributed by atoms with Crippen molar-refractivity contribution in [2.75, 3.05) is 6.61 Å². The van der Waals surface area contributed by atoms with E-state index in [1.165, 1.54) is 12.1 Å². The zero-order chi connectivity index (χ0) is 13.0. The van der Waals surface area contributed by atoms with Crippen LogP contribution in [-0.4, -0.2) is 19.2 Å². The van der Waals surface area contributed by atoms with Crippen LogP contribution in [0.2, 0.25) is 10.0 Å². The highest BCUT2D eigenvalue weighted by molar-refractivity contribution is 6.39. The van der Waals surface area contributed by atoms with Gasteiger partial charge in [0.1, 0.15) is 0 Å². The Kier molecular flexibility index (Phi) is 4.96. The SMILES string of the molecule is CCOC(=O)c1ccc(Cl)c(OC(F)F)c1Cl. The molecule has 0 bridgehead atoms. The summed E-state index contributed by atoms with van der Waals surface area (Å²) in [6.07, 6.45) is 0. The summed E-state index contributed by atoms with van der Waals surface area (Å²) in [6.45, 7) is -1.33. The Balaban J connectivity index is 3.14. The third-order valence-corrected chi connectivity index (χ3v) is 2.42. The third kappa shape index (κ3) is 3.44. The Morgan fingerprint density at radius 3 is 2.59 bits per heavy atom. The molecule has 3 nitrogen and oxygen atoms in total. The fourth-order valence-corrected chi connectivity index (χ4v) is 1.63. The van der Waals surface area contributed by atoms with E-state index in [4.69, 9.17) is 27.9 Å². The minimum atomic E-state index is -3.08. The second kappa shape index (κ2) is 6.02. The zero-order valence-corrected chi connectivity index (χ0v) is 10.2. The first kappa shape index (κ1) is 14.0. The second-order valence-electron chi connectivity index (χ2n) is 2.84. The number of carbonyl (C=O) groups is 1. The molecule has 0 N–H and O–H groups in total. The fourth-order valence-electron chi connectivity index (χ4n) is 1.10. The van der Waals surface area contributed by atoms with Crippen LogP contribution in [0.4, 0.5) is 8.78 Å². The molecule has 0 aliphatic heterocycles. The van der Waals surface area contributed by atoms with E-state index in [1.807, 2.05) is 0 Å². The van der Waals surface area contributed by atoms with Crippen LogP contribution >= 0.6 is 23.2 Å². The van der Waals surface area contributed by atoms with Crippen LogP contribution in [0.15, 0.2) is 12.1 Å². The summed E-state index contributed by atoms with van der Waals surface area (Å²) < 4.78 is 33.1. The standard InChI is InChI=1S/C10H8Cl2F2O3/c1-2-16-9(15)5-3-4-6(11)8(7(5)12)17-10(13)14/h3-4,10H,2H2,1H3. The number of ether oxygens (including phenoxy) is 2. The van der Waals surface area contributed by atoms with Crippen molar-refractivity contribution >= 4 is 29.2 Å². The number of halogens is 4. The maximum atomic E-state index is 12.1. The van der Waals surface area contributed by atoms with Gasteiger partial charge in [-0.25, -0.2) is 4.79 Å². The van der Waals surface area contributed by atoms with Crippen molar-refractivity contribution in [2.45, 2.75) is 13.5 Å². The Labute approximate surface area is 106 Å². The van der Waals surface area contributed by atoms with Gasteiger partial charge in [0.2, 0.25) is 0 Å². The molecule has 7 heteroatoms. The normalized spacial score (nSPS) is 10.5. The van der Waals surface area contributed by atoms with Crippen molar-refractivity contribution in [1.29, 1.82) is 0 Å². The Bertz CT molecular complexity index is 424. The fraction of sp³-hybridized carbons (Fsp3) is 0.300. The van der Waals surface area contributed by atoms with Crippen LogP contribution in [0.5, 0.6) is 5.75 Å². The Hall–Kier alpha value is -1.07. The maximum absolute atomic E-state index is 12.1. The van der Waals surface area contributed by atoms with E-state index in [0.29, 0.717) is 0 Å². The van der Waals surface area contributed by atoms with E-state index < -0.39 is 18.3 Å². The number of benzene rings is 1. The largest absolute Gasteiger partial charge is 0.462 e.